The fourth-order valence-corrected chi connectivity index (χ4v) is 5.16. The van der Waals surface area contributed by atoms with E-state index in [1.165, 1.54) is 28.7 Å². The number of benzene rings is 2. The van der Waals surface area contributed by atoms with Gasteiger partial charge in [-0.15, -0.1) is 0 Å². The first-order valence-electron chi connectivity index (χ1n) is 12.2. The van der Waals surface area contributed by atoms with Crippen LogP contribution in [0.4, 0.5) is 8.78 Å². The number of nitrogens with two attached hydrogens (primary N) is 1. The number of aromatic nitrogens is 5. The van der Waals surface area contributed by atoms with Crippen LogP contribution in [-0.4, -0.2) is 61.6 Å². The van der Waals surface area contributed by atoms with Crippen molar-refractivity contribution in [2.75, 3.05) is 26.2 Å². The number of fused-ring (bicyclic) bond motifs is 3. The molecule has 1 saturated heterocycles. The van der Waals surface area contributed by atoms with E-state index >= 15 is 0 Å². The zero-order valence-electron chi connectivity index (χ0n) is 20.0. The molecule has 9 nitrogen and oxygen atoms in total. The molecule has 2 aliphatic rings. The van der Waals surface area contributed by atoms with E-state index in [4.69, 9.17) is 15.6 Å². The molecule has 4 heterocycles. The van der Waals surface area contributed by atoms with Crippen molar-refractivity contribution in [1.29, 1.82) is 0 Å². The number of amides is 1. The van der Waals surface area contributed by atoms with Crippen LogP contribution in [0.3, 0.4) is 0 Å². The molecule has 2 N–H and O–H groups in total. The molecule has 0 atom stereocenters. The van der Waals surface area contributed by atoms with Gasteiger partial charge >= 0.3 is 0 Å². The first-order valence-corrected chi connectivity index (χ1v) is 12.2. The molecule has 0 bridgehead atoms. The van der Waals surface area contributed by atoms with Crippen LogP contribution in [0, 0.1) is 11.6 Å². The molecule has 37 heavy (non-hydrogen) atoms. The lowest BCUT2D eigenvalue weighted by Crippen LogP contribution is -2.39. The molecular weight excluding hydrogens is 480 g/mol. The third-order valence-corrected chi connectivity index (χ3v) is 6.99. The summed E-state index contributed by atoms with van der Waals surface area (Å²) in [4.78, 5) is 17.6. The topological polar surface area (TPSA) is 104 Å². The average Bonchev–Trinajstić information content (AvgIpc) is 3.48. The van der Waals surface area contributed by atoms with Crippen LogP contribution in [0.5, 0.6) is 5.75 Å². The van der Waals surface area contributed by atoms with Gasteiger partial charge in [0.1, 0.15) is 23.6 Å². The van der Waals surface area contributed by atoms with Crippen LogP contribution < -0.4 is 10.5 Å². The predicted molar refractivity (Wildman–Crippen MR) is 131 cm³/mol. The first-order chi connectivity index (χ1) is 18.0. The number of ether oxygens (including phenoxy) is 1. The minimum Gasteiger partial charge on any atom is -0.493 e. The lowest BCUT2D eigenvalue weighted by molar-refractivity contribution is -0.119. The fraction of sp³-hybridized carbons (Fsp3) is 0.308. The number of halogens is 2. The minimum atomic E-state index is -0.745. The molecule has 1 fully saturated rings. The minimum absolute atomic E-state index is 0.0771. The Morgan fingerprint density at radius 3 is 2.76 bits per heavy atom. The van der Waals surface area contributed by atoms with Gasteiger partial charge in [-0.1, -0.05) is 6.07 Å². The maximum Gasteiger partial charge on any atom is 0.253 e. The average molecular weight is 506 g/mol. The summed E-state index contributed by atoms with van der Waals surface area (Å²) in [6.45, 7) is 2.42. The second-order valence-corrected chi connectivity index (χ2v) is 9.39. The van der Waals surface area contributed by atoms with E-state index in [2.05, 4.69) is 27.1 Å². The van der Waals surface area contributed by atoms with Crippen molar-refractivity contribution in [2.45, 2.75) is 25.2 Å². The molecule has 6 rings (SSSR count). The third-order valence-electron chi connectivity index (χ3n) is 6.99. The summed E-state index contributed by atoms with van der Waals surface area (Å²) in [6, 6.07) is 9.54. The number of hydrogen-bond acceptors (Lipinski definition) is 6. The Morgan fingerprint density at radius 1 is 1.14 bits per heavy atom. The van der Waals surface area contributed by atoms with Crippen molar-refractivity contribution in [1.82, 2.24) is 29.4 Å². The van der Waals surface area contributed by atoms with Crippen molar-refractivity contribution < 1.29 is 18.3 Å². The van der Waals surface area contributed by atoms with E-state index in [9.17, 15) is 13.6 Å². The highest BCUT2D eigenvalue weighted by atomic mass is 19.1. The predicted octanol–water partition coefficient (Wildman–Crippen LogP) is 3.00. The van der Waals surface area contributed by atoms with E-state index < -0.39 is 11.6 Å². The Hall–Kier alpha value is -4.12. The van der Waals surface area contributed by atoms with Crippen LogP contribution >= 0.6 is 0 Å². The molecule has 0 radical (unpaired) electrons. The lowest BCUT2D eigenvalue weighted by atomic mass is 9.88. The summed E-state index contributed by atoms with van der Waals surface area (Å²) in [5.74, 6) is -0.316. The zero-order valence-corrected chi connectivity index (χ0v) is 20.0. The van der Waals surface area contributed by atoms with Gasteiger partial charge in [0, 0.05) is 29.8 Å². The van der Waals surface area contributed by atoms with Crippen LogP contribution in [0.15, 0.2) is 48.9 Å². The standard InChI is InChI=1S/C26H25F2N7O2/c27-19-2-3-22(21(28)12-19)35-26(30-15-31-35)34-13-18-7-10-37-23-4-1-17(11-20(23)25(18)32-34)16-5-8-33(9-6-16)14-24(29)36/h1-4,11-13,15-16H,5-10,14H2,(H2,29,36). The molecule has 4 aromatic rings. The van der Waals surface area contributed by atoms with E-state index in [0.29, 0.717) is 24.9 Å². The first kappa shape index (κ1) is 23.3. The van der Waals surface area contributed by atoms with E-state index in [0.717, 1.165) is 54.6 Å². The molecular formula is C26H25F2N7O2. The van der Waals surface area contributed by atoms with Crippen LogP contribution in [-0.2, 0) is 11.2 Å². The van der Waals surface area contributed by atoms with Gasteiger partial charge in [-0.2, -0.15) is 19.9 Å². The second kappa shape index (κ2) is 9.40. The van der Waals surface area contributed by atoms with Crippen molar-refractivity contribution in [3.8, 4) is 28.6 Å². The number of hydrogen-bond donors (Lipinski definition) is 1. The van der Waals surface area contributed by atoms with Gasteiger partial charge in [0.15, 0.2) is 5.82 Å². The Labute approximate surface area is 211 Å². The maximum atomic E-state index is 14.5. The van der Waals surface area contributed by atoms with Gasteiger partial charge in [0.25, 0.3) is 5.95 Å². The summed E-state index contributed by atoms with van der Waals surface area (Å²) in [5.41, 5.74) is 9.26. The third kappa shape index (κ3) is 4.46. The molecule has 0 unspecified atom stereocenters. The smallest absolute Gasteiger partial charge is 0.253 e. The summed E-state index contributed by atoms with van der Waals surface area (Å²) in [7, 11) is 0. The van der Waals surface area contributed by atoms with Crippen LogP contribution in [0.25, 0.3) is 22.9 Å². The summed E-state index contributed by atoms with van der Waals surface area (Å²) < 4.78 is 36.8. The fourth-order valence-electron chi connectivity index (χ4n) is 5.16. The second-order valence-electron chi connectivity index (χ2n) is 9.39. The number of nitrogens with zero attached hydrogens (tertiary/aromatic N) is 6. The molecule has 0 aliphatic carbocycles. The Morgan fingerprint density at radius 2 is 1.97 bits per heavy atom. The summed E-state index contributed by atoms with van der Waals surface area (Å²) in [6.07, 6.45) is 5.67. The number of carbonyl (C=O) groups is 1. The van der Waals surface area contributed by atoms with Gasteiger partial charge in [0.2, 0.25) is 5.91 Å². The van der Waals surface area contributed by atoms with E-state index in [1.807, 2.05) is 12.3 Å². The van der Waals surface area contributed by atoms with Gasteiger partial charge in [-0.3, -0.25) is 9.69 Å². The van der Waals surface area contributed by atoms with Gasteiger partial charge < -0.3 is 10.5 Å². The van der Waals surface area contributed by atoms with Crippen LogP contribution in [0.1, 0.15) is 29.9 Å². The Kier molecular flexibility index (Phi) is 5.91. The normalized spacial score (nSPS) is 16.1. The molecule has 2 aromatic heterocycles. The van der Waals surface area contributed by atoms with Gasteiger partial charge in [-0.05, 0) is 61.7 Å². The highest BCUT2D eigenvalue weighted by molar-refractivity contribution is 5.76. The highest BCUT2D eigenvalue weighted by Gasteiger charge is 2.26. The van der Waals surface area contributed by atoms with Crippen molar-refractivity contribution in [3.63, 3.8) is 0 Å². The quantitative estimate of drug-likeness (QED) is 0.447. The zero-order chi connectivity index (χ0) is 25.5. The molecule has 0 spiro atoms. The number of rotatable bonds is 5. The number of primary amides is 1. The summed E-state index contributed by atoms with van der Waals surface area (Å²) >= 11 is 0. The molecule has 11 heteroatoms. The number of piperidine rings is 1. The molecule has 1 amide bonds. The van der Waals surface area contributed by atoms with Gasteiger partial charge in [-0.25, -0.2) is 13.5 Å². The van der Waals surface area contributed by atoms with Crippen LogP contribution in [0.2, 0.25) is 0 Å². The maximum absolute atomic E-state index is 14.5. The highest BCUT2D eigenvalue weighted by Crippen LogP contribution is 2.39. The van der Waals surface area contributed by atoms with Crippen molar-refractivity contribution >= 4 is 5.91 Å². The Balaban J connectivity index is 1.33. The van der Waals surface area contributed by atoms with Gasteiger partial charge in [0.05, 0.1) is 18.8 Å². The number of carbonyl (C=O) groups excluding carboxylic acids is 1. The number of likely N-dealkylation sites (tertiary alicyclic amines) is 1. The molecule has 2 aliphatic heterocycles. The lowest BCUT2D eigenvalue weighted by Gasteiger charge is -2.31. The van der Waals surface area contributed by atoms with E-state index in [-0.39, 0.29) is 18.1 Å². The molecule has 2 aromatic carbocycles. The Bertz CT molecular complexity index is 1470. The summed E-state index contributed by atoms with van der Waals surface area (Å²) in [5, 5.41) is 8.96. The molecule has 0 saturated carbocycles. The van der Waals surface area contributed by atoms with E-state index in [1.54, 1.807) is 4.68 Å². The molecule has 190 valence electrons. The SMILES string of the molecule is NC(=O)CN1CCC(c2ccc3c(c2)-c2nn(-c4ncnn4-c4ccc(F)cc4F)cc2CCO3)CC1. The van der Waals surface area contributed by atoms with Crippen molar-refractivity contribution in [3.05, 3.63) is 71.7 Å². The van der Waals surface area contributed by atoms with Crippen molar-refractivity contribution in [2.24, 2.45) is 5.73 Å². The largest absolute Gasteiger partial charge is 0.493 e. The monoisotopic (exact) mass is 505 g/mol.